The summed E-state index contributed by atoms with van der Waals surface area (Å²) in [6, 6.07) is 1.81. The number of hydrogen-bond donors (Lipinski definition) is 0. The van der Waals surface area contributed by atoms with Crippen LogP contribution in [0.2, 0.25) is 5.15 Å². The molecule has 6 nitrogen and oxygen atoms in total. The summed E-state index contributed by atoms with van der Waals surface area (Å²) >= 11 is 7.55. The highest BCUT2D eigenvalue weighted by atomic mass is 35.5. The molecule has 0 spiro atoms. The van der Waals surface area contributed by atoms with E-state index in [0.717, 1.165) is 64.5 Å². The van der Waals surface area contributed by atoms with Crippen LogP contribution in [0.1, 0.15) is 19.8 Å². The van der Waals surface area contributed by atoms with Gasteiger partial charge < -0.3 is 14.7 Å². The van der Waals surface area contributed by atoms with Crippen molar-refractivity contribution in [3.63, 3.8) is 0 Å². The molecule has 0 aliphatic carbocycles. The SMILES string of the molecule is CCN1CCN(c2cc(Cl)nc(SCC(=O)N3CCCC3)n2)CC1. The van der Waals surface area contributed by atoms with Gasteiger partial charge in [-0.2, -0.15) is 0 Å². The van der Waals surface area contributed by atoms with Crippen LogP contribution < -0.4 is 4.90 Å². The fraction of sp³-hybridized carbons (Fsp3) is 0.688. The van der Waals surface area contributed by atoms with E-state index < -0.39 is 0 Å². The van der Waals surface area contributed by atoms with Crippen molar-refractivity contribution < 1.29 is 4.79 Å². The lowest BCUT2D eigenvalue weighted by molar-refractivity contribution is -0.127. The van der Waals surface area contributed by atoms with Crippen molar-refractivity contribution in [2.75, 3.05) is 56.5 Å². The summed E-state index contributed by atoms with van der Waals surface area (Å²) in [7, 11) is 0. The molecule has 0 radical (unpaired) electrons. The number of rotatable bonds is 5. The Morgan fingerprint density at radius 3 is 2.54 bits per heavy atom. The molecule has 132 valence electrons. The molecule has 2 aliphatic heterocycles. The number of amides is 1. The number of thioether (sulfide) groups is 1. The first kappa shape index (κ1) is 17.8. The van der Waals surface area contributed by atoms with Gasteiger partial charge in [0.25, 0.3) is 0 Å². The first-order valence-corrected chi connectivity index (χ1v) is 9.94. The van der Waals surface area contributed by atoms with E-state index in [4.69, 9.17) is 11.6 Å². The third kappa shape index (κ3) is 4.52. The van der Waals surface area contributed by atoms with Crippen LogP contribution in [-0.2, 0) is 4.79 Å². The summed E-state index contributed by atoms with van der Waals surface area (Å²) < 4.78 is 0. The van der Waals surface area contributed by atoms with Gasteiger partial charge >= 0.3 is 0 Å². The van der Waals surface area contributed by atoms with Gasteiger partial charge in [0.1, 0.15) is 11.0 Å². The molecule has 24 heavy (non-hydrogen) atoms. The topological polar surface area (TPSA) is 52.6 Å². The quantitative estimate of drug-likeness (QED) is 0.449. The lowest BCUT2D eigenvalue weighted by Gasteiger charge is -2.34. The Hall–Kier alpha value is -1.05. The number of likely N-dealkylation sites (N-methyl/N-ethyl adjacent to an activating group) is 1. The molecule has 0 bridgehead atoms. The van der Waals surface area contributed by atoms with Crippen LogP contribution in [0.3, 0.4) is 0 Å². The Balaban J connectivity index is 1.60. The van der Waals surface area contributed by atoms with E-state index in [9.17, 15) is 4.79 Å². The van der Waals surface area contributed by atoms with Gasteiger partial charge in [0.15, 0.2) is 5.16 Å². The Morgan fingerprint density at radius 1 is 1.17 bits per heavy atom. The van der Waals surface area contributed by atoms with Crippen molar-refractivity contribution in [2.45, 2.75) is 24.9 Å². The zero-order valence-electron chi connectivity index (χ0n) is 14.1. The number of carbonyl (C=O) groups excluding carboxylic acids is 1. The molecule has 2 saturated heterocycles. The summed E-state index contributed by atoms with van der Waals surface area (Å²) in [4.78, 5) is 27.6. The van der Waals surface area contributed by atoms with E-state index >= 15 is 0 Å². The maximum atomic E-state index is 12.2. The molecule has 0 unspecified atom stereocenters. The van der Waals surface area contributed by atoms with Crippen LogP contribution in [0.15, 0.2) is 11.2 Å². The normalized spacial score (nSPS) is 19.1. The highest BCUT2D eigenvalue weighted by molar-refractivity contribution is 7.99. The average Bonchev–Trinajstić information content (AvgIpc) is 3.14. The average molecular weight is 370 g/mol. The van der Waals surface area contributed by atoms with E-state index in [2.05, 4.69) is 26.7 Å². The molecule has 2 aliphatic rings. The summed E-state index contributed by atoms with van der Waals surface area (Å²) in [5, 5.41) is 1.03. The van der Waals surface area contributed by atoms with Gasteiger partial charge in [-0.3, -0.25) is 4.79 Å². The van der Waals surface area contributed by atoms with Crippen molar-refractivity contribution >= 4 is 35.1 Å². The standard InChI is InChI=1S/C16H24ClN5OS/c1-2-20-7-9-21(10-8-20)14-11-13(17)18-16(19-14)24-12-15(23)22-5-3-4-6-22/h11H,2-10,12H2,1H3. The maximum Gasteiger partial charge on any atom is 0.233 e. The molecule has 8 heteroatoms. The second-order valence-corrected chi connectivity index (χ2v) is 7.46. The van der Waals surface area contributed by atoms with E-state index in [1.807, 2.05) is 11.0 Å². The number of anilines is 1. The van der Waals surface area contributed by atoms with Crippen molar-refractivity contribution in [3.05, 3.63) is 11.2 Å². The van der Waals surface area contributed by atoms with E-state index in [-0.39, 0.29) is 5.91 Å². The summed E-state index contributed by atoms with van der Waals surface area (Å²) in [5.41, 5.74) is 0. The van der Waals surface area contributed by atoms with Crippen LogP contribution >= 0.6 is 23.4 Å². The van der Waals surface area contributed by atoms with Crippen LogP contribution in [-0.4, -0.2) is 77.2 Å². The molecule has 0 aromatic carbocycles. The van der Waals surface area contributed by atoms with Crippen LogP contribution in [0.25, 0.3) is 0 Å². The Kier molecular flexibility index (Phi) is 6.19. The Bertz CT molecular complexity index is 574. The fourth-order valence-electron chi connectivity index (χ4n) is 3.09. The molecule has 0 atom stereocenters. The predicted octanol–water partition coefficient (Wildman–Crippen LogP) is 1.99. The molecule has 0 saturated carbocycles. The minimum atomic E-state index is 0.166. The maximum absolute atomic E-state index is 12.2. The summed E-state index contributed by atoms with van der Waals surface area (Å²) in [6.07, 6.45) is 2.22. The van der Waals surface area contributed by atoms with Crippen LogP contribution in [0, 0.1) is 0 Å². The molecule has 1 aromatic rings. The Morgan fingerprint density at radius 2 is 1.88 bits per heavy atom. The first-order valence-electron chi connectivity index (χ1n) is 8.58. The third-order valence-corrected chi connectivity index (χ3v) is 5.61. The van der Waals surface area contributed by atoms with Gasteiger partial charge in [-0.1, -0.05) is 30.3 Å². The predicted molar refractivity (Wildman–Crippen MR) is 97.9 cm³/mol. The van der Waals surface area contributed by atoms with Crippen molar-refractivity contribution in [1.29, 1.82) is 0 Å². The number of piperazine rings is 1. The van der Waals surface area contributed by atoms with Crippen molar-refractivity contribution in [2.24, 2.45) is 0 Å². The second-order valence-electron chi connectivity index (χ2n) is 6.13. The smallest absolute Gasteiger partial charge is 0.233 e. The molecule has 2 fully saturated rings. The Labute approximate surface area is 152 Å². The molecule has 1 amide bonds. The third-order valence-electron chi connectivity index (χ3n) is 4.59. The van der Waals surface area contributed by atoms with Crippen molar-refractivity contribution in [1.82, 2.24) is 19.8 Å². The van der Waals surface area contributed by atoms with Crippen molar-refractivity contribution in [3.8, 4) is 0 Å². The van der Waals surface area contributed by atoms with E-state index in [1.165, 1.54) is 11.8 Å². The van der Waals surface area contributed by atoms with Crippen LogP contribution in [0.5, 0.6) is 0 Å². The molecule has 1 aromatic heterocycles. The minimum Gasteiger partial charge on any atom is -0.354 e. The summed E-state index contributed by atoms with van der Waals surface area (Å²) in [6.45, 7) is 8.98. The van der Waals surface area contributed by atoms with Crippen LogP contribution in [0.4, 0.5) is 5.82 Å². The number of likely N-dealkylation sites (tertiary alicyclic amines) is 1. The monoisotopic (exact) mass is 369 g/mol. The first-order chi connectivity index (χ1) is 11.7. The second kappa shape index (κ2) is 8.36. The number of hydrogen-bond acceptors (Lipinski definition) is 6. The molecule has 3 rings (SSSR count). The number of halogens is 1. The lowest BCUT2D eigenvalue weighted by atomic mass is 10.3. The molecular weight excluding hydrogens is 346 g/mol. The molecule has 3 heterocycles. The number of carbonyl (C=O) groups is 1. The van der Waals surface area contributed by atoms with E-state index in [0.29, 0.717) is 16.1 Å². The van der Waals surface area contributed by atoms with Gasteiger partial charge in [0.05, 0.1) is 5.75 Å². The molecule has 0 N–H and O–H groups in total. The zero-order valence-corrected chi connectivity index (χ0v) is 15.7. The van der Waals surface area contributed by atoms with Gasteiger partial charge in [-0.15, -0.1) is 0 Å². The van der Waals surface area contributed by atoms with Gasteiger partial charge in [-0.05, 0) is 19.4 Å². The zero-order chi connectivity index (χ0) is 16.9. The minimum absolute atomic E-state index is 0.166. The van der Waals surface area contributed by atoms with Gasteiger partial charge in [0.2, 0.25) is 5.91 Å². The number of aromatic nitrogens is 2. The van der Waals surface area contributed by atoms with Gasteiger partial charge in [0, 0.05) is 45.3 Å². The highest BCUT2D eigenvalue weighted by Crippen LogP contribution is 2.23. The largest absolute Gasteiger partial charge is 0.354 e. The summed E-state index contributed by atoms with van der Waals surface area (Å²) in [5.74, 6) is 1.41. The van der Waals surface area contributed by atoms with E-state index in [1.54, 1.807) is 0 Å². The fourth-order valence-corrected chi connectivity index (χ4v) is 4.07. The molecular formula is C16H24ClN5OS. The highest BCUT2D eigenvalue weighted by Gasteiger charge is 2.20. The number of nitrogens with zero attached hydrogens (tertiary/aromatic N) is 5. The van der Waals surface area contributed by atoms with Gasteiger partial charge in [-0.25, -0.2) is 9.97 Å². The lowest BCUT2D eigenvalue weighted by Crippen LogP contribution is -2.46.